The molecule has 0 amide bonds. The molecule has 0 bridgehead atoms. The van der Waals surface area contributed by atoms with Crippen molar-refractivity contribution in [2.75, 3.05) is 43.1 Å². The van der Waals surface area contributed by atoms with Crippen molar-refractivity contribution in [2.45, 2.75) is 19.4 Å². The van der Waals surface area contributed by atoms with E-state index in [0.29, 0.717) is 13.0 Å². The predicted molar refractivity (Wildman–Crippen MR) is 99.1 cm³/mol. The zero-order chi connectivity index (χ0) is 16.9. The molecule has 2 aromatic carbocycles. The van der Waals surface area contributed by atoms with Gasteiger partial charge >= 0.3 is 0 Å². The smallest absolute Gasteiger partial charge is 0.143 e. The molecule has 4 nitrogen and oxygen atoms in total. The van der Waals surface area contributed by atoms with Crippen LogP contribution in [0.1, 0.15) is 25.0 Å². The first kappa shape index (κ1) is 16.7. The van der Waals surface area contributed by atoms with Crippen LogP contribution in [0.3, 0.4) is 0 Å². The van der Waals surface area contributed by atoms with E-state index < -0.39 is 6.10 Å². The third-order valence-electron chi connectivity index (χ3n) is 4.64. The lowest BCUT2D eigenvalue weighted by molar-refractivity contribution is 0.169. The summed E-state index contributed by atoms with van der Waals surface area (Å²) in [4.78, 5) is 4.47. The summed E-state index contributed by atoms with van der Waals surface area (Å²) >= 11 is 0. The molecule has 0 saturated heterocycles. The molecule has 0 aromatic heterocycles. The second-order valence-corrected chi connectivity index (χ2v) is 6.22. The third-order valence-corrected chi connectivity index (χ3v) is 4.64. The van der Waals surface area contributed by atoms with Crippen molar-refractivity contribution in [3.05, 3.63) is 54.1 Å². The molecule has 0 aliphatic carbocycles. The summed E-state index contributed by atoms with van der Waals surface area (Å²) in [6.45, 7) is 5.48. The molecule has 3 rings (SSSR count). The van der Waals surface area contributed by atoms with Crippen LogP contribution in [-0.4, -0.2) is 38.4 Å². The first-order chi connectivity index (χ1) is 11.7. The number of anilines is 2. The Hall–Kier alpha value is -2.20. The molecule has 1 aliphatic rings. The van der Waals surface area contributed by atoms with Gasteiger partial charge in [-0.15, -0.1) is 0 Å². The first-order valence-electron chi connectivity index (χ1n) is 8.65. The number of fused-ring (bicyclic) bond motifs is 1. The lowest BCUT2D eigenvalue weighted by Gasteiger charge is -2.29. The van der Waals surface area contributed by atoms with Gasteiger partial charge in [0.1, 0.15) is 12.4 Å². The second kappa shape index (κ2) is 7.58. The van der Waals surface area contributed by atoms with E-state index in [2.05, 4.69) is 35.9 Å². The third kappa shape index (κ3) is 3.65. The van der Waals surface area contributed by atoms with E-state index in [1.165, 1.54) is 5.69 Å². The molecule has 0 saturated carbocycles. The highest BCUT2D eigenvalue weighted by Gasteiger charge is 2.18. The van der Waals surface area contributed by atoms with Crippen LogP contribution < -0.4 is 14.5 Å². The number of hydrogen-bond donors (Lipinski definition) is 1. The van der Waals surface area contributed by atoms with Gasteiger partial charge in [-0.25, -0.2) is 0 Å². The number of hydrogen-bond acceptors (Lipinski definition) is 4. The molecule has 4 heteroatoms. The first-order valence-corrected chi connectivity index (χ1v) is 8.65. The van der Waals surface area contributed by atoms with Gasteiger partial charge in [0.15, 0.2) is 0 Å². The van der Waals surface area contributed by atoms with Crippen molar-refractivity contribution in [2.24, 2.45) is 0 Å². The summed E-state index contributed by atoms with van der Waals surface area (Å²) in [6, 6.07) is 16.4. The topological polar surface area (TPSA) is 35.9 Å². The molecule has 128 valence electrons. The monoisotopic (exact) mass is 326 g/mol. The molecule has 1 unspecified atom stereocenters. The number of aliphatic hydroxyl groups is 1. The number of ether oxygens (including phenoxy) is 1. The van der Waals surface area contributed by atoms with E-state index >= 15 is 0 Å². The van der Waals surface area contributed by atoms with E-state index in [4.69, 9.17) is 4.74 Å². The number of likely N-dealkylation sites (N-methyl/N-ethyl adjacent to an activating group) is 1. The fourth-order valence-corrected chi connectivity index (χ4v) is 3.14. The largest absolute Gasteiger partial charge is 0.490 e. The van der Waals surface area contributed by atoms with Gasteiger partial charge in [-0.2, -0.15) is 0 Å². The Bertz CT molecular complexity index is 660. The molecular weight excluding hydrogens is 300 g/mol. The van der Waals surface area contributed by atoms with Crippen LogP contribution >= 0.6 is 0 Å². The number of para-hydroxylation sites is 1. The molecule has 24 heavy (non-hydrogen) atoms. The fourth-order valence-electron chi connectivity index (χ4n) is 3.14. The molecule has 0 spiro atoms. The van der Waals surface area contributed by atoms with Crippen LogP contribution in [0, 0.1) is 0 Å². The fraction of sp³-hybridized carbons (Fsp3) is 0.400. The predicted octanol–water partition coefficient (Wildman–Crippen LogP) is 3.47. The Balaban J connectivity index is 1.65. The van der Waals surface area contributed by atoms with E-state index in [-0.39, 0.29) is 0 Å². The van der Waals surface area contributed by atoms with Gasteiger partial charge in [-0.05, 0) is 43.2 Å². The van der Waals surface area contributed by atoms with Crippen LogP contribution in [0.2, 0.25) is 0 Å². The van der Waals surface area contributed by atoms with Gasteiger partial charge in [0.25, 0.3) is 0 Å². The molecule has 1 heterocycles. The number of rotatable bonds is 6. The van der Waals surface area contributed by atoms with Gasteiger partial charge in [0, 0.05) is 25.8 Å². The lowest BCUT2D eigenvalue weighted by atomic mass is 10.0. The maximum absolute atomic E-state index is 10.6. The number of nitrogens with zero attached hydrogens (tertiary/aromatic N) is 2. The number of benzene rings is 2. The summed E-state index contributed by atoms with van der Waals surface area (Å²) in [5.74, 6) is 0.871. The molecule has 2 aromatic rings. The van der Waals surface area contributed by atoms with Gasteiger partial charge in [-0.1, -0.05) is 24.3 Å². The Kier molecular flexibility index (Phi) is 5.26. The molecule has 1 aliphatic heterocycles. The van der Waals surface area contributed by atoms with E-state index in [9.17, 15) is 5.11 Å². The summed E-state index contributed by atoms with van der Waals surface area (Å²) in [5, 5.41) is 10.6. The molecular formula is C20H26N2O2. The standard InChI is InChI=1S/C20H26N2O2/c1-3-22(17-7-5-4-6-8-17)12-11-19(23)16-9-10-18-20(15-16)24-14-13-21(18)2/h4-10,15,19,23H,3,11-14H2,1-2H3. The van der Waals surface area contributed by atoms with Crippen LogP contribution in [0.4, 0.5) is 11.4 Å². The quantitative estimate of drug-likeness (QED) is 0.882. The molecule has 0 fully saturated rings. The maximum atomic E-state index is 10.6. The highest BCUT2D eigenvalue weighted by atomic mass is 16.5. The van der Waals surface area contributed by atoms with Crippen LogP contribution in [0.25, 0.3) is 0 Å². The molecule has 1 N–H and O–H groups in total. The minimum Gasteiger partial charge on any atom is -0.490 e. The zero-order valence-corrected chi connectivity index (χ0v) is 14.5. The lowest BCUT2D eigenvalue weighted by Crippen LogP contribution is -2.29. The molecule has 1 atom stereocenters. The van der Waals surface area contributed by atoms with Crippen LogP contribution in [0.5, 0.6) is 5.75 Å². The minimum absolute atomic E-state index is 0.483. The van der Waals surface area contributed by atoms with Gasteiger partial charge < -0.3 is 19.6 Å². The summed E-state index contributed by atoms with van der Waals surface area (Å²) in [5.41, 5.74) is 3.22. The molecule has 0 radical (unpaired) electrons. The normalized spacial score (nSPS) is 14.7. The van der Waals surface area contributed by atoms with Crippen molar-refractivity contribution < 1.29 is 9.84 Å². The average molecular weight is 326 g/mol. The van der Waals surface area contributed by atoms with Crippen LogP contribution in [-0.2, 0) is 0 Å². The van der Waals surface area contributed by atoms with E-state index in [1.54, 1.807) is 0 Å². The van der Waals surface area contributed by atoms with Crippen molar-refractivity contribution >= 4 is 11.4 Å². The van der Waals surface area contributed by atoms with Crippen molar-refractivity contribution in [3.63, 3.8) is 0 Å². The van der Waals surface area contributed by atoms with Crippen molar-refractivity contribution in [3.8, 4) is 5.75 Å². The second-order valence-electron chi connectivity index (χ2n) is 6.22. The highest BCUT2D eigenvalue weighted by molar-refractivity contribution is 5.60. The SMILES string of the molecule is CCN(CCC(O)c1ccc2c(c1)OCCN2C)c1ccccc1. The summed E-state index contributed by atoms with van der Waals surface area (Å²) in [7, 11) is 2.07. The van der Waals surface area contributed by atoms with Gasteiger partial charge in [-0.3, -0.25) is 0 Å². The zero-order valence-electron chi connectivity index (χ0n) is 14.5. The Morgan fingerprint density at radius 3 is 2.75 bits per heavy atom. The van der Waals surface area contributed by atoms with Gasteiger partial charge in [0.2, 0.25) is 0 Å². The maximum Gasteiger partial charge on any atom is 0.143 e. The van der Waals surface area contributed by atoms with E-state index in [0.717, 1.165) is 36.6 Å². The Morgan fingerprint density at radius 2 is 2.00 bits per heavy atom. The average Bonchev–Trinajstić information content (AvgIpc) is 2.63. The minimum atomic E-state index is -0.483. The summed E-state index contributed by atoms with van der Waals surface area (Å²) in [6.07, 6.45) is 0.209. The van der Waals surface area contributed by atoms with Gasteiger partial charge in [0.05, 0.1) is 18.3 Å². The summed E-state index contributed by atoms with van der Waals surface area (Å²) < 4.78 is 5.74. The highest BCUT2D eigenvalue weighted by Crippen LogP contribution is 2.33. The van der Waals surface area contributed by atoms with Crippen molar-refractivity contribution in [1.82, 2.24) is 0 Å². The van der Waals surface area contributed by atoms with Crippen molar-refractivity contribution in [1.29, 1.82) is 0 Å². The number of aliphatic hydroxyl groups excluding tert-OH is 1. The Labute approximate surface area is 144 Å². The Morgan fingerprint density at radius 1 is 1.21 bits per heavy atom. The van der Waals surface area contributed by atoms with Crippen LogP contribution in [0.15, 0.2) is 48.5 Å². The van der Waals surface area contributed by atoms with E-state index in [1.807, 2.05) is 36.4 Å².